The van der Waals surface area contributed by atoms with Crippen LogP contribution in [0.3, 0.4) is 0 Å². The summed E-state index contributed by atoms with van der Waals surface area (Å²) in [7, 11) is 0. The molecule has 2 fully saturated rings. The Hall–Kier alpha value is -3.35. The molecule has 1 N–H and O–H groups in total. The van der Waals surface area contributed by atoms with Gasteiger partial charge >= 0.3 is 6.09 Å². The predicted molar refractivity (Wildman–Crippen MR) is 111 cm³/mol. The Morgan fingerprint density at radius 1 is 0.800 bits per heavy atom. The van der Waals surface area contributed by atoms with Crippen LogP contribution in [0.25, 0.3) is 0 Å². The average Bonchev–Trinajstić information content (AvgIpc) is 3.12. The number of benzene rings is 2. The maximum atomic E-state index is 13.7. The Balaban J connectivity index is 1.53. The van der Waals surface area contributed by atoms with Crippen molar-refractivity contribution >= 4 is 17.9 Å². The first-order chi connectivity index (χ1) is 14.5. The number of amides is 3. The molecule has 7 heteroatoms. The number of likely N-dealkylation sites (tertiary alicyclic amines) is 1. The lowest BCUT2D eigenvalue weighted by molar-refractivity contribution is -0.140. The monoisotopic (exact) mass is 407 g/mol. The fraction of sp³-hybridized carbons (Fsp3) is 0.348. The van der Waals surface area contributed by atoms with Gasteiger partial charge in [0.15, 0.2) is 0 Å². The van der Waals surface area contributed by atoms with E-state index in [1.807, 2.05) is 60.7 Å². The van der Waals surface area contributed by atoms with Gasteiger partial charge in [-0.1, -0.05) is 60.7 Å². The van der Waals surface area contributed by atoms with Gasteiger partial charge in [-0.15, -0.1) is 0 Å². The molecule has 2 aromatic rings. The standard InChI is InChI=1S/C23H25N3O4/c27-20(24-13-15-25(16-14-24)22(29)30)17-26-12-11-23(21(26)28,18-7-3-1-4-8-18)19-9-5-2-6-10-19/h1-10H,11-17H2,(H,29,30). The molecule has 0 aliphatic carbocycles. The van der Waals surface area contributed by atoms with E-state index in [0.29, 0.717) is 39.1 Å². The Labute approximate surface area is 175 Å². The molecule has 2 aliphatic rings. The number of hydrogen-bond acceptors (Lipinski definition) is 3. The summed E-state index contributed by atoms with van der Waals surface area (Å²) in [6, 6.07) is 19.5. The van der Waals surface area contributed by atoms with E-state index in [4.69, 9.17) is 5.11 Å². The van der Waals surface area contributed by atoms with Crippen molar-refractivity contribution in [3.05, 3.63) is 71.8 Å². The van der Waals surface area contributed by atoms with Crippen LogP contribution in [0, 0.1) is 0 Å². The van der Waals surface area contributed by atoms with Crippen LogP contribution in [0.15, 0.2) is 60.7 Å². The highest BCUT2D eigenvalue weighted by Gasteiger charge is 2.49. The van der Waals surface area contributed by atoms with Gasteiger partial charge in [-0.25, -0.2) is 4.79 Å². The zero-order valence-electron chi connectivity index (χ0n) is 16.7. The number of carboxylic acid groups (broad SMARTS) is 1. The second kappa shape index (κ2) is 8.18. The van der Waals surface area contributed by atoms with E-state index in [9.17, 15) is 14.4 Å². The molecule has 0 aromatic heterocycles. The highest BCUT2D eigenvalue weighted by atomic mass is 16.4. The van der Waals surface area contributed by atoms with Gasteiger partial charge in [-0.3, -0.25) is 9.59 Å². The Kier molecular flexibility index (Phi) is 5.44. The van der Waals surface area contributed by atoms with E-state index in [-0.39, 0.29) is 18.4 Å². The first-order valence-electron chi connectivity index (χ1n) is 10.2. The third-order valence-corrected chi connectivity index (χ3v) is 6.17. The van der Waals surface area contributed by atoms with Gasteiger partial charge in [0.2, 0.25) is 11.8 Å². The molecule has 30 heavy (non-hydrogen) atoms. The molecule has 0 unspecified atom stereocenters. The second-order valence-electron chi connectivity index (χ2n) is 7.76. The highest BCUT2D eigenvalue weighted by molar-refractivity contribution is 5.96. The lowest BCUT2D eigenvalue weighted by atomic mass is 9.73. The van der Waals surface area contributed by atoms with Crippen LogP contribution >= 0.6 is 0 Å². The molecule has 2 aliphatic heterocycles. The number of nitrogens with zero attached hydrogens (tertiary/aromatic N) is 3. The van der Waals surface area contributed by atoms with Gasteiger partial charge in [0, 0.05) is 32.7 Å². The number of hydrogen-bond donors (Lipinski definition) is 1. The van der Waals surface area contributed by atoms with Gasteiger partial charge < -0.3 is 19.8 Å². The molecule has 2 saturated heterocycles. The SMILES string of the molecule is O=C(O)N1CCN(C(=O)CN2CCC(c3ccccc3)(c3ccccc3)C2=O)CC1. The van der Waals surface area contributed by atoms with Crippen molar-refractivity contribution in [2.24, 2.45) is 0 Å². The summed E-state index contributed by atoms with van der Waals surface area (Å²) in [5.41, 5.74) is 1.09. The molecule has 0 radical (unpaired) electrons. The first kappa shape index (κ1) is 19.9. The van der Waals surface area contributed by atoms with Gasteiger partial charge in [0.1, 0.15) is 5.41 Å². The average molecular weight is 407 g/mol. The van der Waals surface area contributed by atoms with E-state index in [2.05, 4.69) is 0 Å². The zero-order chi connectivity index (χ0) is 21.1. The van der Waals surface area contributed by atoms with Gasteiger partial charge in [-0.05, 0) is 17.5 Å². The van der Waals surface area contributed by atoms with Gasteiger partial charge in [0.05, 0.1) is 6.54 Å². The van der Waals surface area contributed by atoms with E-state index in [1.54, 1.807) is 9.80 Å². The van der Waals surface area contributed by atoms with Gasteiger partial charge in [0.25, 0.3) is 0 Å². The molecule has 2 heterocycles. The van der Waals surface area contributed by atoms with Crippen molar-refractivity contribution in [2.75, 3.05) is 39.3 Å². The number of rotatable bonds is 4. The van der Waals surface area contributed by atoms with Crippen LogP contribution in [0.4, 0.5) is 4.79 Å². The molecule has 7 nitrogen and oxygen atoms in total. The molecule has 156 valence electrons. The fourth-order valence-corrected chi connectivity index (χ4v) is 4.49. The Morgan fingerprint density at radius 2 is 1.30 bits per heavy atom. The number of piperazine rings is 1. The summed E-state index contributed by atoms with van der Waals surface area (Å²) in [6.45, 7) is 1.84. The molecule has 0 atom stereocenters. The minimum absolute atomic E-state index is 0.0212. The van der Waals surface area contributed by atoms with Crippen LogP contribution in [0.5, 0.6) is 0 Å². The maximum Gasteiger partial charge on any atom is 0.407 e. The fourth-order valence-electron chi connectivity index (χ4n) is 4.49. The van der Waals surface area contributed by atoms with E-state index in [1.165, 1.54) is 4.90 Å². The van der Waals surface area contributed by atoms with Crippen molar-refractivity contribution in [3.63, 3.8) is 0 Å². The molecule has 2 aromatic carbocycles. The minimum atomic E-state index is -0.965. The van der Waals surface area contributed by atoms with Crippen molar-refractivity contribution in [1.82, 2.24) is 14.7 Å². The summed E-state index contributed by atoms with van der Waals surface area (Å²) >= 11 is 0. The normalized spacial score (nSPS) is 18.5. The molecular weight excluding hydrogens is 382 g/mol. The molecule has 0 spiro atoms. The lowest BCUT2D eigenvalue weighted by Gasteiger charge is -2.34. The van der Waals surface area contributed by atoms with Crippen LogP contribution in [-0.2, 0) is 15.0 Å². The van der Waals surface area contributed by atoms with E-state index < -0.39 is 11.5 Å². The Bertz CT molecular complexity index is 884. The predicted octanol–water partition coefficient (Wildman–Crippen LogP) is 2.03. The van der Waals surface area contributed by atoms with Crippen LogP contribution in [0.2, 0.25) is 0 Å². The summed E-state index contributed by atoms with van der Waals surface area (Å²) < 4.78 is 0. The van der Waals surface area contributed by atoms with Crippen molar-refractivity contribution in [3.8, 4) is 0 Å². The summed E-state index contributed by atoms with van der Waals surface area (Å²) in [5, 5.41) is 9.07. The largest absolute Gasteiger partial charge is 0.465 e. The topological polar surface area (TPSA) is 81.2 Å². The van der Waals surface area contributed by atoms with E-state index >= 15 is 0 Å². The minimum Gasteiger partial charge on any atom is -0.465 e. The molecule has 0 bridgehead atoms. The van der Waals surface area contributed by atoms with Gasteiger partial charge in [-0.2, -0.15) is 0 Å². The smallest absolute Gasteiger partial charge is 0.407 e. The molecule has 3 amide bonds. The third kappa shape index (κ3) is 3.51. The van der Waals surface area contributed by atoms with Crippen molar-refractivity contribution < 1.29 is 19.5 Å². The summed E-state index contributed by atoms with van der Waals surface area (Å²) in [5.74, 6) is -0.192. The second-order valence-corrected chi connectivity index (χ2v) is 7.76. The molecule has 4 rings (SSSR count). The number of carbonyl (C=O) groups excluding carboxylic acids is 2. The lowest BCUT2D eigenvalue weighted by Crippen LogP contribution is -2.53. The zero-order valence-corrected chi connectivity index (χ0v) is 16.7. The Morgan fingerprint density at radius 3 is 1.80 bits per heavy atom. The first-order valence-corrected chi connectivity index (χ1v) is 10.2. The molecular formula is C23H25N3O4. The molecule has 0 saturated carbocycles. The summed E-state index contributed by atoms with van der Waals surface area (Å²) in [6.07, 6.45) is -0.354. The highest BCUT2D eigenvalue weighted by Crippen LogP contribution is 2.41. The quantitative estimate of drug-likeness (QED) is 0.841. The van der Waals surface area contributed by atoms with Crippen LogP contribution < -0.4 is 0 Å². The van der Waals surface area contributed by atoms with Crippen LogP contribution in [0.1, 0.15) is 17.5 Å². The maximum absolute atomic E-state index is 13.7. The van der Waals surface area contributed by atoms with Crippen molar-refractivity contribution in [2.45, 2.75) is 11.8 Å². The third-order valence-electron chi connectivity index (χ3n) is 6.17. The summed E-state index contributed by atoms with van der Waals surface area (Å²) in [4.78, 5) is 42.1. The van der Waals surface area contributed by atoms with E-state index in [0.717, 1.165) is 11.1 Å². The van der Waals surface area contributed by atoms with Crippen molar-refractivity contribution in [1.29, 1.82) is 0 Å². The number of carbonyl (C=O) groups is 3. The van der Waals surface area contributed by atoms with Crippen LogP contribution in [-0.4, -0.2) is 77.0 Å².